The summed E-state index contributed by atoms with van der Waals surface area (Å²) >= 11 is 0. The number of hydrogen-bond acceptors (Lipinski definition) is 6. The van der Waals surface area contributed by atoms with Crippen molar-refractivity contribution >= 4 is 15.7 Å². The molecule has 0 heterocycles. The van der Waals surface area contributed by atoms with E-state index < -0.39 is 16.1 Å². The van der Waals surface area contributed by atoms with Crippen LogP contribution in [0.2, 0.25) is 0 Å². The van der Waals surface area contributed by atoms with Crippen LogP contribution in [0.25, 0.3) is 0 Å². The van der Waals surface area contributed by atoms with Crippen LogP contribution in [0.3, 0.4) is 0 Å². The molecular weight excluding hydrogens is 440 g/mol. The number of rotatable bonds is 11. The Morgan fingerprint density at radius 3 is 2.27 bits per heavy atom. The Labute approximate surface area is 195 Å². The van der Waals surface area contributed by atoms with Gasteiger partial charge in [0.15, 0.2) is 0 Å². The van der Waals surface area contributed by atoms with Crippen molar-refractivity contribution in [2.45, 2.75) is 25.0 Å². The van der Waals surface area contributed by atoms with Crippen molar-refractivity contribution in [3.05, 3.63) is 89.5 Å². The maximum Gasteiger partial charge on any atom is 0.229 e. The standard InChI is InChI=1S/C25H30N2O5S/c1-32-22-11-9-20(10-12-22)23(15-18-6-4-3-5-7-18)26-17-21(28)14-19-8-13-25(29)24(16-19)27-33(2,30)31/h3-13,16,21,23,26-29H,14-15,17H2,1-2H3/t21-,23-/m1/s1. The molecule has 0 saturated carbocycles. The number of benzene rings is 3. The third kappa shape index (κ3) is 7.78. The van der Waals surface area contributed by atoms with Crippen LogP contribution in [0, 0.1) is 0 Å². The Bertz CT molecular complexity index is 1140. The van der Waals surface area contributed by atoms with Gasteiger partial charge in [-0.15, -0.1) is 0 Å². The molecule has 0 aliphatic heterocycles. The van der Waals surface area contributed by atoms with Gasteiger partial charge in [0.2, 0.25) is 10.0 Å². The van der Waals surface area contributed by atoms with E-state index in [2.05, 4.69) is 22.2 Å². The van der Waals surface area contributed by atoms with Crippen molar-refractivity contribution in [2.24, 2.45) is 0 Å². The van der Waals surface area contributed by atoms with E-state index in [4.69, 9.17) is 4.74 Å². The van der Waals surface area contributed by atoms with Gasteiger partial charge in [0, 0.05) is 12.6 Å². The summed E-state index contributed by atoms with van der Waals surface area (Å²) in [4.78, 5) is 0. The highest BCUT2D eigenvalue weighted by atomic mass is 32.2. The molecule has 0 amide bonds. The van der Waals surface area contributed by atoms with Crippen molar-refractivity contribution in [2.75, 3.05) is 24.6 Å². The SMILES string of the molecule is COc1ccc([C@@H](Cc2ccccc2)NC[C@H](O)Cc2ccc(O)c(NS(C)(=O)=O)c2)cc1. The maximum atomic E-state index is 11.5. The zero-order valence-electron chi connectivity index (χ0n) is 18.7. The highest BCUT2D eigenvalue weighted by Crippen LogP contribution is 2.26. The van der Waals surface area contributed by atoms with Crippen LogP contribution in [0.5, 0.6) is 11.5 Å². The molecule has 3 aromatic rings. The molecule has 0 fully saturated rings. The van der Waals surface area contributed by atoms with Gasteiger partial charge < -0.3 is 20.3 Å². The first-order valence-electron chi connectivity index (χ1n) is 10.6. The summed E-state index contributed by atoms with van der Waals surface area (Å²) in [6.45, 7) is 0.333. The maximum absolute atomic E-state index is 11.5. The van der Waals surface area contributed by atoms with Crippen LogP contribution in [-0.4, -0.2) is 44.6 Å². The topological polar surface area (TPSA) is 108 Å². The van der Waals surface area contributed by atoms with Crippen LogP contribution in [0.4, 0.5) is 5.69 Å². The number of aliphatic hydroxyl groups excluding tert-OH is 1. The van der Waals surface area contributed by atoms with Crippen molar-refractivity contribution in [3.63, 3.8) is 0 Å². The Balaban J connectivity index is 1.68. The number of aliphatic hydroxyl groups is 1. The number of phenols is 1. The number of hydrogen-bond donors (Lipinski definition) is 4. The zero-order valence-corrected chi connectivity index (χ0v) is 19.5. The Morgan fingerprint density at radius 1 is 0.939 bits per heavy atom. The van der Waals surface area contributed by atoms with E-state index in [1.54, 1.807) is 13.2 Å². The molecule has 2 atom stereocenters. The van der Waals surface area contributed by atoms with Crippen molar-refractivity contribution in [1.82, 2.24) is 5.32 Å². The van der Waals surface area contributed by atoms with Crippen LogP contribution in [0.1, 0.15) is 22.7 Å². The number of phenolic OH excluding ortho intramolecular Hbond substituents is 1. The van der Waals surface area contributed by atoms with Gasteiger partial charge in [-0.05, 0) is 53.8 Å². The third-order valence-electron chi connectivity index (χ3n) is 5.23. The molecule has 0 bridgehead atoms. The monoisotopic (exact) mass is 470 g/mol. The summed E-state index contributed by atoms with van der Waals surface area (Å²) in [6.07, 6.45) is 1.36. The quantitative estimate of drug-likeness (QED) is 0.321. The van der Waals surface area contributed by atoms with Gasteiger partial charge in [0.05, 0.1) is 25.2 Å². The van der Waals surface area contributed by atoms with Gasteiger partial charge in [-0.3, -0.25) is 4.72 Å². The predicted octanol–water partition coefficient (Wildman–Crippen LogP) is 3.25. The second-order valence-corrected chi connectivity index (χ2v) is 9.76. The molecule has 0 radical (unpaired) electrons. The molecule has 0 aliphatic rings. The predicted molar refractivity (Wildman–Crippen MR) is 130 cm³/mol. The van der Waals surface area contributed by atoms with Crippen LogP contribution < -0.4 is 14.8 Å². The number of nitrogens with one attached hydrogen (secondary N) is 2. The lowest BCUT2D eigenvalue weighted by Gasteiger charge is -2.22. The minimum Gasteiger partial charge on any atom is -0.506 e. The first kappa shape index (κ1) is 24.6. The number of methoxy groups -OCH3 is 1. The summed E-state index contributed by atoms with van der Waals surface area (Å²) in [7, 11) is -1.90. The Morgan fingerprint density at radius 2 is 1.64 bits per heavy atom. The summed E-state index contributed by atoms with van der Waals surface area (Å²) in [5.41, 5.74) is 3.05. The number of anilines is 1. The summed E-state index contributed by atoms with van der Waals surface area (Å²) in [6, 6.07) is 22.6. The fourth-order valence-corrected chi connectivity index (χ4v) is 4.17. The zero-order chi connectivity index (χ0) is 23.8. The molecule has 176 valence electrons. The van der Waals surface area contributed by atoms with Crippen LogP contribution >= 0.6 is 0 Å². The molecule has 3 rings (SSSR count). The molecule has 0 spiro atoms. The van der Waals surface area contributed by atoms with E-state index in [1.165, 1.54) is 17.7 Å². The number of sulfonamides is 1. The molecule has 3 aromatic carbocycles. The molecule has 0 saturated heterocycles. The Kier molecular flexibility index (Phi) is 8.32. The summed E-state index contributed by atoms with van der Waals surface area (Å²) < 4.78 is 30.5. The van der Waals surface area contributed by atoms with Gasteiger partial charge in [-0.25, -0.2) is 8.42 Å². The van der Waals surface area contributed by atoms with E-state index >= 15 is 0 Å². The smallest absolute Gasteiger partial charge is 0.229 e. The molecule has 8 heteroatoms. The lowest BCUT2D eigenvalue weighted by atomic mass is 9.98. The highest BCUT2D eigenvalue weighted by molar-refractivity contribution is 7.92. The molecule has 7 nitrogen and oxygen atoms in total. The van der Waals surface area contributed by atoms with Crippen LogP contribution in [0.15, 0.2) is 72.8 Å². The minimum absolute atomic E-state index is 0.0183. The largest absolute Gasteiger partial charge is 0.506 e. The van der Waals surface area contributed by atoms with Crippen molar-refractivity contribution in [1.29, 1.82) is 0 Å². The Hall–Kier alpha value is -3.07. The highest BCUT2D eigenvalue weighted by Gasteiger charge is 2.16. The van der Waals surface area contributed by atoms with Gasteiger partial charge in [-0.2, -0.15) is 0 Å². The molecular formula is C25H30N2O5S. The second-order valence-electron chi connectivity index (χ2n) is 8.01. The van der Waals surface area contributed by atoms with Gasteiger partial charge in [0.25, 0.3) is 0 Å². The lowest BCUT2D eigenvalue weighted by molar-refractivity contribution is 0.167. The molecule has 33 heavy (non-hydrogen) atoms. The minimum atomic E-state index is -3.53. The fraction of sp³-hybridized carbons (Fsp3) is 0.280. The van der Waals surface area contributed by atoms with Crippen molar-refractivity contribution in [3.8, 4) is 11.5 Å². The molecule has 0 unspecified atom stereocenters. The van der Waals surface area contributed by atoms with E-state index in [9.17, 15) is 18.6 Å². The third-order valence-corrected chi connectivity index (χ3v) is 5.82. The average Bonchev–Trinajstić information content (AvgIpc) is 2.79. The number of aromatic hydroxyl groups is 1. The molecule has 4 N–H and O–H groups in total. The second kappa shape index (κ2) is 11.2. The molecule has 0 aliphatic carbocycles. The first-order valence-corrected chi connectivity index (χ1v) is 12.5. The summed E-state index contributed by atoms with van der Waals surface area (Å²) in [5, 5.41) is 24.0. The van der Waals surface area contributed by atoms with Gasteiger partial charge >= 0.3 is 0 Å². The summed E-state index contributed by atoms with van der Waals surface area (Å²) in [5.74, 6) is 0.613. The fourth-order valence-electron chi connectivity index (χ4n) is 3.61. The van der Waals surface area contributed by atoms with E-state index in [1.807, 2.05) is 42.5 Å². The van der Waals surface area contributed by atoms with Gasteiger partial charge in [-0.1, -0.05) is 48.5 Å². The normalized spacial score (nSPS) is 13.3. The van der Waals surface area contributed by atoms with Gasteiger partial charge in [0.1, 0.15) is 11.5 Å². The van der Waals surface area contributed by atoms with E-state index in [0.717, 1.165) is 24.0 Å². The van der Waals surface area contributed by atoms with E-state index in [-0.39, 0.29) is 17.5 Å². The molecule has 0 aromatic heterocycles. The lowest BCUT2D eigenvalue weighted by Crippen LogP contribution is -2.32. The number of ether oxygens (including phenoxy) is 1. The first-order chi connectivity index (χ1) is 15.7. The van der Waals surface area contributed by atoms with Crippen molar-refractivity contribution < 1.29 is 23.4 Å². The average molecular weight is 471 g/mol. The van der Waals surface area contributed by atoms with Crippen LogP contribution in [-0.2, 0) is 22.9 Å². The van der Waals surface area contributed by atoms with E-state index in [0.29, 0.717) is 18.5 Å².